The summed E-state index contributed by atoms with van der Waals surface area (Å²) in [5.74, 6) is 0.745. The van der Waals surface area contributed by atoms with Crippen LogP contribution in [0.4, 0.5) is 11.4 Å². The van der Waals surface area contributed by atoms with Crippen molar-refractivity contribution in [1.29, 1.82) is 0 Å². The van der Waals surface area contributed by atoms with Crippen LogP contribution in [0.2, 0.25) is 0 Å². The first-order valence-corrected chi connectivity index (χ1v) is 11.4. The lowest BCUT2D eigenvalue weighted by molar-refractivity contribution is -0.125. The number of ether oxygens (including phenoxy) is 1. The Balaban J connectivity index is 1.63. The summed E-state index contributed by atoms with van der Waals surface area (Å²) < 4.78 is 33.9. The Labute approximate surface area is 171 Å². The second-order valence-electron chi connectivity index (χ2n) is 7.99. The van der Waals surface area contributed by atoms with E-state index in [0.717, 1.165) is 36.1 Å². The molecule has 1 fully saturated rings. The maximum atomic E-state index is 13.0. The number of amides is 1. The fraction of sp³-hybridized carbons (Fsp3) is 0.409. The van der Waals surface area contributed by atoms with Gasteiger partial charge in [-0.3, -0.25) is 9.52 Å². The molecule has 0 saturated heterocycles. The monoisotopic (exact) mass is 414 g/mol. The van der Waals surface area contributed by atoms with E-state index in [0.29, 0.717) is 17.9 Å². The smallest absolute Gasteiger partial charge is 0.262 e. The molecule has 2 aliphatic rings. The van der Waals surface area contributed by atoms with E-state index >= 15 is 0 Å². The van der Waals surface area contributed by atoms with E-state index in [1.54, 1.807) is 30.3 Å². The number of rotatable bonds is 5. The largest absolute Gasteiger partial charge is 0.495 e. The Morgan fingerprint density at radius 3 is 2.59 bits per heavy atom. The van der Waals surface area contributed by atoms with Gasteiger partial charge in [-0.1, -0.05) is 12.5 Å². The topological polar surface area (TPSA) is 75.7 Å². The summed E-state index contributed by atoms with van der Waals surface area (Å²) in [7, 11) is -2.28. The van der Waals surface area contributed by atoms with Crippen LogP contribution in [0, 0.1) is 12.8 Å². The summed E-state index contributed by atoms with van der Waals surface area (Å²) in [6.07, 6.45) is 3.67. The van der Waals surface area contributed by atoms with Crippen molar-refractivity contribution < 1.29 is 17.9 Å². The molecule has 4 rings (SSSR count). The van der Waals surface area contributed by atoms with Crippen LogP contribution in [0.3, 0.4) is 0 Å². The van der Waals surface area contributed by atoms with Crippen molar-refractivity contribution in [2.24, 2.45) is 5.92 Å². The molecule has 7 heteroatoms. The van der Waals surface area contributed by atoms with Crippen molar-refractivity contribution in [2.45, 2.75) is 50.5 Å². The Hall–Kier alpha value is -2.54. The second-order valence-corrected chi connectivity index (χ2v) is 9.67. The molecule has 6 nitrogen and oxygen atoms in total. The van der Waals surface area contributed by atoms with Gasteiger partial charge >= 0.3 is 0 Å². The van der Waals surface area contributed by atoms with Crippen LogP contribution >= 0.6 is 0 Å². The minimum Gasteiger partial charge on any atom is -0.495 e. The third-order valence-corrected chi connectivity index (χ3v) is 7.23. The SMILES string of the molecule is COc1ccc(C)cc1NS(=O)(=O)c1ccc2c(c1)C[C@H](C)N2C(=O)C1CCC1. The molecular formula is C22H26N2O4S. The van der Waals surface area contributed by atoms with E-state index in [4.69, 9.17) is 4.74 Å². The summed E-state index contributed by atoms with van der Waals surface area (Å²) in [5, 5.41) is 0. The highest BCUT2D eigenvalue weighted by Crippen LogP contribution is 2.38. The van der Waals surface area contributed by atoms with Crippen LogP contribution in [0.5, 0.6) is 5.75 Å². The van der Waals surface area contributed by atoms with Crippen LogP contribution < -0.4 is 14.4 Å². The van der Waals surface area contributed by atoms with Crippen LogP contribution in [0.25, 0.3) is 0 Å². The number of carbonyl (C=O) groups excluding carboxylic acids is 1. The number of sulfonamides is 1. The molecule has 2 aromatic carbocycles. The number of hydrogen-bond acceptors (Lipinski definition) is 4. The van der Waals surface area contributed by atoms with Gasteiger partial charge in [0.05, 0.1) is 17.7 Å². The van der Waals surface area contributed by atoms with Crippen molar-refractivity contribution in [3.05, 3.63) is 47.5 Å². The molecule has 1 atom stereocenters. The predicted molar refractivity (Wildman–Crippen MR) is 113 cm³/mol. The second kappa shape index (κ2) is 7.37. The summed E-state index contributed by atoms with van der Waals surface area (Å²) in [5.41, 5.74) is 3.06. The normalized spacial score (nSPS) is 18.9. The quantitative estimate of drug-likeness (QED) is 0.806. The highest BCUT2D eigenvalue weighted by Gasteiger charge is 2.37. The minimum absolute atomic E-state index is 0.0425. The van der Waals surface area contributed by atoms with Gasteiger partial charge in [0.1, 0.15) is 5.75 Å². The molecule has 29 heavy (non-hydrogen) atoms. The highest BCUT2D eigenvalue weighted by atomic mass is 32.2. The summed E-state index contributed by atoms with van der Waals surface area (Å²) >= 11 is 0. The van der Waals surface area contributed by atoms with Gasteiger partial charge in [0.2, 0.25) is 5.91 Å². The molecule has 1 saturated carbocycles. The van der Waals surface area contributed by atoms with Crippen LogP contribution in [-0.4, -0.2) is 27.5 Å². The zero-order valence-electron chi connectivity index (χ0n) is 16.9. The van der Waals surface area contributed by atoms with Gasteiger partial charge in [-0.05, 0) is 74.6 Å². The molecule has 0 aromatic heterocycles. The molecule has 1 heterocycles. The molecular weight excluding hydrogens is 388 g/mol. The third kappa shape index (κ3) is 3.59. The molecule has 0 bridgehead atoms. The lowest BCUT2D eigenvalue weighted by Crippen LogP contribution is -2.42. The first-order chi connectivity index (χ1) is 13.8. The Bertz CT molecular complexity index is 1060. The van der Waals surface area contributed by atoms with Crippen molar-refractivity contribution in [1.82, 2.24) is 0 Å². The van der Waals surface area contributed by atoms with E-state index in [9.17, 15) is 13.2 Å². The number of fused-ring (bicyclic) bond motifs is 1. The van der Waals surface area contributed by atoms with Gasteiger partial charge in [0, 0.05) is 17.6 Å². The first-order valence-electron chi connectivity index (χ1n) is 9.93. The Kier molecular flexibility index (Phi) is 5.02. The molecule has 2 aromatic rings. The summed E-state index contributed by atoms with van der Waals surface area (Å²) in [6.45, 7) is 3.91. The lowest BCUT2D eigenvalue weighted by atomic mass is 9.84. The van der Waals surface area contributed by atoms with Gasteiger partial charge in [-0.2, -0.15) is 0 Å². The zero-order chi connectivity index (χ0) is 20.8. The molecule has 0 radical (unpaired) electrons. The number of anilines is 2. The number of carbonyl (C=O) groups is 1. The molecule has 1 amide bonds. The number of nitrogens with one attached hydrogen (secondary N) is 1. The molecule has 1 N–H and O–H groups in total. The number of aryl methyl sites for hydroxylation is 1. The standard InChI is InChI=1S/C22H26N2O4S/c1-14-7-10-21(28-3)19(11-14)23-29(26,27)18-8-9-20-17(13-18)12-15(2)24(20)22(25)16-5-4-6-16/h7-11,13,15-16,23H,4-6,12H2,1-3H3/t15-/m0/s1. The van der Waals surface area contributed by atoms with Gasteiger partial charge in [0.15, 0.2) is 0 Å². The van der Waals surface area contributed by atoms with Crippen LogP contribution in [0.1, 0.15) is 37.3 Å². The van der Waals surface area contributed by atoms with Gasteiger partial charge in [-0.25, -0.2) is 8.42 Å². The van der Waals surface area contributed by atoms with E-state index in [2.05, 4.69) is 4.72 Å². The van der Waals surface area contributed by atoms with E-state index in [1.165, 1.54) is 7.11 Å². The summed E-state index contributed by atoms with van der Waals surface area (Å²) in [6, 6.07) is 10.4. The Morgan fingerprint density at radius 2 is 1.93 bits per heavy atom. The van der Waals surface area contributed by atoms with Gasteiger partial charge < -0.3 is 9.64 Å². The van der Waals surface area contributed by atoms with E-state index in [-0.39, 0.29) is 22.8 Å². The van der Waals surface area contributed by atoms with Crippen LogP contribution in [-0.2, 0) is 21.2 Å². The van der Waals surface area contributed by atoms with Crippen molar-refractivity contribution in [3.63, 3.8) is 0 Å². The molecule has 0 spiro atoms. The van der Waals surface area contributed by atoms with Gasteiger partial charge in [0.25, 0.3) is 10.0 Å². The maximum absolute atomic E-state index is 13.0. The fourth-order valence-electron chi connectivity index (χ4n) is 4.07. The van der Waals surface area contributed by atoms with Crippen LogP contribution in [0.15, 0.2) is 41.3 Å². The van der Waals surface area contributed by atoms with Gasteiger partial charge in [-0.15, -0.1) is 0 Å². The average molecular weight is 415 g/mol. The molecule has 154 valence electrons. The zero-order valence-corrected chi connectivity index (χ0v) is 17.8. The summed E-state index contributed by atoms with van der Waals surface area (Å²) in [4.78, 5) is 14.8. The number of nitrogens with zero attached hydrogens (tertiary/aromatic N) is 1. The van der Waals surface area contributed by atoms with Crippen molar-refractivity contribution >= 4 is 27.3 Å². The molecule has 1 aliphatic heterocycles. The minimum atomic E-state index is -3.78. The maximum Gasteiger partial charge on any atom is 0.262 e. The fourth-order valence-corrected chi connectivity index (χ4v) is 5.18. The average Bonchev–Trinajstić information content (AvgIpc) is 2.95. The number of benzene rings is 2. The molecule has 0 unspecified atom stereocenters. The highest BCUT2D eigenvalue weighted by molar-refractivity contribution is 7.92. The first kappa shape index (κ1) is 19.8. The van der Waals surface area contributed by atoms with Crippen molar-refractivity contribution in [3.8, 4) is 5.75 Å². The lowest BCUT2D eigenvalue weighted by Gasteiger charge is -2.32. The predicted octanol–water partition coefficient (Wildman–Crippen LogP) is 3.88. The third-order valence-electron chi connectivity index (χ3n) is 5.87. The Morgan fingerprint density at radius 1 is 1.17 bits per heavy atom. The number of methoxy groups -OCH3 is 1. The number of hydrogen-bond donors (Lipinski definition) is 1. The van der Waals surface area contributed by atoms with E-state index < -0.39 is 10.0 Å². The molecule has 1 aliphatic carbocycles. The van der Waals surface area contributed by atoms with E-state index in [1.807, 2.05) is 24.8 Å². The van der Waals surface area contributed by atoms with Crippen molar-refractivity contribution in [2.75, 3.05) is 16.7 Å².